The van der Waals surface area contributed by atoms with Crippen molar-refractivity contribution in [2.45, 2.75) is 73.1 Å². The average molecular weight is 482 g/mol. The molecule has 0 aromatic heterocycles. The molecule has 10 nitrogen and oxygen atoms in total. The number of carbonyl (C=O) groups excluding carboxylic acids is 4. The second kappa shape index (κ2) is 13.5. The third kappa shape index (κ3) is 9.38. The molecule has 0 saturated carbocycles. The van der Waals surface area contributed by atoms with Gasteiger partial charge in [0.2, 0.25) is 0 Å². The Kier molecular flexibility index (Phi) is 11.5. The largest absolute Gasteiger partial charge is 0.508 e. The van der Waals surface area contributed by atoms with E-state index >= 15 is 0 Å². The number of benzene rings is 1. The Morgan fingerprint density at radius 1 is 0.794 bits per heavy atom. The highest BCUT2D eigenvalue weighted by atomic mass is 16.7. The molecule has 0 fully saturated rings. The van der Waals surface area contributed by atoms with E-state index < -0.39 is 48.2 Å². The summed E-state index contributed by atoms with van der Waals surface area (Å²) in [5.74, 6) is -2.34. The van der Waals surface area contributed by atoms with Gasteiger partial charge >= 0.3 is 24.1 Å². The lowest BCUT2D eigenvalue weighted by Gasteiger charge is -2.22. The zero-order valence-electron chi connectivity index (χ0n) is 20.8. The van der Waals surface area contributed by atoms with Crippen LogP contribution in [0, 0.1) is 11.8 Å². The van der Waals surface area contributed by atoms with Crippen molar-refractivity contribution in [2.24, 2.45) is 17.6 Å². The summed E-state index contributed by atoms with van der Waals surface area (Å²) in [5, 5.41) is 0. The molecule has 0 aliphatic rings. The van der Waals surface area contributed by atoms with Gasteiger partial charge in [0, 0.05) is 0 Å². The Morgan fingerprint density at radius 3 is 1.85 bits per heavy atom. The summed E-state index contributed by atoms with van der Waals surface area (Å²) in [6, 6.07) is 3.54. The molecule has 0 heterocycles. The molecule has 0 radical (unpaired) electrons. The van der Waals surface area contributed by atoms with Gasteiger partial charge in [0.1, 0.15) is 18.2 Å². The van der Waals surface area contributed by atoms with Crippen molar-refractivity contribution in [3.8, 4) is 11.5 Å². The number of hydrogen-bond donors (Lipinski definition) is 1. The number of nitrogens with two attached hydrogens (primary N) is 1. The molecule has 34 heavy (non-hydrogen) atoms. The molecular weight excluding hydrogens is 446 g/mol. The van der Waals surface area contributed by atoms with Crippen LogP contribution in [0.5, 0.6) is 11.5 Å². The Hall–Kier alpha value is -3.14. The third-order valence-corrected chi connectivity index (χ3v) is 4.64. The van der Waals surface area contributed by atoms with Crippen LogP contribution in [0.1, 0.15) is 54.0 Å². The molecule has 1 rings (SSSR count). The van der Waals surface area contributed by atoms with Gasteiger partial charge in [-0.05, 0) is 44.9 Å². The van der Waals surface area contributed by atoms with Crippen LogP contribution in [0.15, 0.2) is 18.2 Å². The molecule has 10 heteroatoms. The molecule has 0 aliphatic carbocycles. The van der Waals surface area contributed by atoms with Crippen LogP contribution >= 0.6 is 0 Å². The molecule has 0 aliphatic heterocycles. The van der Waals surface area contributed by atoms with Gasteiger partial charge in [0.25, 0.3) is 0 Å². The van der Waals surface area contributed by atoms with E-state index in [0.29, 0.717) is 5.56 Å². The van der Waals surface area contributed by atoms with Crippen molar-refractivity contribution in [3.05, 3.63) is 23.8 Å². The molecule has 190 valence electrons. The minimum absolute atomic E-state index is 0.0515. The van der Waals surface area contributed by atoms with E-state index in [-0.39, 0.29) is 30.4 Å². The molecular formula is C24H35NO9. The monoisotopic (exact) mass is 481 g/mol. The molecule has 0 unspecified atom stereocenters. The summed E-state index contributed by atoms with van der Waals surface area (Å²) >= 11 is 0. The van der Waals surface area contributed by atoms with Gasteiger partial charge in [-0.3, -0.25) is 14.4 Å². The quantitative estimate of drug-likeness (QED) is 0.370. The highest BCUT2D eigenvalue weighted by Gasteiger charge is 2.25. The van der Waals surface area contributed by atoms with Gasteiger partial charge in [-0.2, -0.15) is 0 Å². The molecule has 3 atom stereocenters. The summed E-state index contributed by atoms with van der Waals surface area (Å²) in [7, 11) is 0. The highest BCUT2D eigenvalue weighted by molar-refractivity contribution is 5.78. The Bertz CT molecular complexity index is 866. The SMILES string of the molecule is CCOC(=O)O[C@@H](C)[C@H](C)OC(=O)[C@@H](N)Cc1ccc(OC(=O)C(C)C)c(OC(=O)C(C)C)c1. The van der Waals surface area contributed by atoms with Crippen molar-refractivity contribution in [3.63, 3.8) is 0 Å². The zero-order chi connectivity index (χ0) is 26.0. The van der Waals surface area contributed by atoms with Crippen LogP contribution < -0.4 is 15.2 Å². The van der Waals surface area contributed by atoms with Crippen LogP contribution in [0.2, 0.25) is 0 Å². The van der Waals surface area contributed by atoms with Crippen molar-refractivity contribution in [1.29, 1.82) is 0 Å². The molecule has 0 spiro atoms. The normalized spacial score (nSPS) is 13.6. The second-order valence-electron chi connectivity index (χ2n) is 8.39. The number of rotatable bonds is 11. The maximum absolute atomic E-state index is 12.4. The van der Waals surface area contributed by atoms with Crippen molar-refractivity contribution in [1.82, 2.24) is 0 Å². The first-order valence-corrected chi connectivity index (χ1v) is 11.2. The number of carbonyl (C=O) groups is 4. The molecule has 1 aromatic carbocycles. The fraction of sp³-hybridized carbons (Fsp3) is 0.583. The minimum Gasteiger partial charge on any atom is -0.458 e. The van der Waals surface area contributed by atoms with Crippen LogP contribution in [-0.2, 0) is 35.0 Å². The predicted molar refractivity (Wildman–Crippen MR) is 122 cm³/mol. The van der Waals surface area contributed by atoms with E-state index in [1.54, 1.807) is 54.5 Å². The van der Waals surface area contributed by atoms with Crippen LogP contribution in [0.25, 0.3) is 0 Å². The van der Waals surface area contributed by atoms with E-state index in [9.17, 15) is 19.2 Å². The minimum atomic E-state index is -1.05. The lowest BCUT2D eigenvalue weighted by molar-refractivity contribution is -0.155. The van der Waals surface area contributed by atoms with Crippen molar-refractivity contribution >= 4 is 24.1 Å². The molecule has 2 N–H and O–H groups in total. The number of hydrogen-bond acceptors (Lipinski definition) is 10. The maximum atomic E-state index is 12.4. The van der Waals surface area contributed by atoms with Gasteiger partial charge in [0.15, 0.2) is 11.5 Å². The van der Waals surface area contributed by atoms with Crippen LogP contribution in [0.3, 0.4) is 0 Å². The van der Waals surface area contributed by atoms with Gasteiger partial charge in [-0.25, -0.2) is 4.79 Å². The third-order valence-electron chi connectivity index (χ3n) is 4.64. The summed E-state index contributed by atoms with van der Waals surface area (Å²) in [4.78, 5) is 48.0. The van der Waals surface area contributed by atoms with Gasteiger partial charge in [-0.1, -0.05) is 33.8 Å². The van der Waals surface area contributed by atoms with E-state index in [2.05, 4.69) is 0 Å². The summed E-state index contributed by atoms with van der Waals surface area (Å²) in [6.45, 7) is 11.6. The van der Waals surface area contributed by atoms with E-state index in [1.165, 1.54) is 12.1 Å². The Morgan fingerprint density at radius 2 is 1.32 bits per heavy atom. The Balaban J connectivity index is 2.91. The summed E-state index contributed by atoms with van der Waals surface area (Å²) in [6.07, 6.45) is -2.30. The molecule has 0 saturated heterocycles. The first kappa shape index (κ1) is 28.9. The number of ether oxygens (including phenoxy) is 5. The van der Waals surface area contributed by atoms with E-state index in [4.69, 9.17) is 29.4 Å². The molecule has 0 amide bonds. The van der Waals surface area contributed by atoms with E-state index in [1.807, 2.05) is 0 Å². The lowest BCUT2D eigenvalue weighted by atomic mass is 10.1. The van der Waals surface area contributed by atoms with Gasteiger partial charge in [-0.15, -0.1) is 0 Å². The standard InChI is InChI=1S/C24H35NO9/c1-8-30-24(29)32-16(7)15(6)31-23(28)18(25)11-17-9-10-19(33-21(26)13(2)3)20(12-17)34-22(27)14(4)5/h9-10,12-16,18H,8,11,25H2,1-7H3/t15-,16-,18-/m0/s1. The molecule has 0 bridgehead atoms. The lowest BCUT2D eigenvalue weighted by Crippen LogP contribution is -2.39. The fourth-order valence-electron chi connectivity index (χ4n) is 2.40. The summed E-state index contributed by atoms with van der Waals surface area (Å²) < 4.78 is 25.7. The number of esters is 3. The smallest absolute Gasteiger partial charge is 0.458 e. The van der Waals surface area contributed by atoms with E-state index in [0.717, 1.165) is 0 Å². The van der Waals surface area contributed by atoms with Crippen molar-refractivity contribution < 1.29 is 42.9 Å². The first-order chi connectivity index (χ1) is 15.8. The van der Waals surface area contributed by atoms with Crippen molar-refractivity contribution in [2.75, 3.05) is 6.61 Å². The second-order valence-corrected chi connectivity index (χ2v) is 8.39. The van der Waals surface area contributed by atoms with Crippen LogP contribution in [-0.4, -0.2) is 48.9 Å². The predicted octanol–water partition coefficient (Wildman–Crippen LogP) is 3.17. The first-order valence-electron chi connectivity index (χ1n) is 11.2. The molecule has 1 aromatic rings. The fourth-order valence-corrected chi connectivity index (χ4v) is 2.40. The highest BCUT2D eigenvalue weighted by Crippen LogP contribution is 2.30. The van der Waals surface area contributed by atoms with Gasteiger partial charge < -0.3 is 29.4 Å². The Labute approximate surface area is 200 Å². The van der Waals surface area contributed by atoms with Crippen LogP contribution in [0.4, 0.5) is 4.79 Å². The summed E-state index contributed by atoms with van der Waals surface area (Å²) in [5.41, 5.74) is 6.56. The van der Waals surface area contributed by atoms with Gasteiger partial charge in [0.05, 0.1) is 18.4 Å². The zero-order valence-corrected chi connectivity index (χ0v) is 20.8. The maximum Gasteiger partial charge on any atom is 0.508 e. The topological polar surface area (TPSA) is 140 Å². The average Bonchev–Trinajstić information content (AvgIpc) is 2.75.